The van der Waals surface area contributed by atoms with Crippen molar-refractivity contribution in [3.63, 3.8) is 0 Å². The number of imide groups is 1. The average Bonchev–Trinajstić information content (AvgIpc) is 2.17. The Balaban J connectivity index is 2.75. The molecule has 0 aliphatic carbocycles. The maximum Gasteiger partial charge on any atom is 0.324 e. The van der Waals surface area contributed by atoms with E-state index in [1.807, 2.05) is 0 Å². The van der Waals surface area contributed by atoms with Crippen LogP contribution in [0.3, 0.4) is 0 Å². The summed E-state index contributed by atoms with van der Waals surface area (Å²) in [6.07, 6.45) is 0. The molecule has 0 aromatic heterocycles. The Morgan fingerprint density at radius 1 is 1.64 bits per heavy atom. The molecular formula is C6H11N3O2. The number of nitrogens with two attached hydrogens (primary N) is 1. The second kappa shape index (κ2) is 2.50. The van der Waals surface area contributed by atoms with Crippen molar-refractivity contribution in [2.24, 2.45) is 5.73 Å². The molecule has 1 heterocycles. The third-order valence-corrected chi connectivity index (χ3v) is 1.71. The van der Waals surface area contributed by atoms with Crippen LogP contribution in [0.4, 0.5) is 4.79 Å². The van der Waals surface area contributed by atoms with Crippen LogP contribution in [0.1, 0.15) is 6.92 Å². The second-order valence-electron chi connectivity index (χ2n) is 2.68. The van der Waals surface area contributed by atoms with E-state index in [2.05, 4.69) is 5.32 Å². The first-order valence-electron chi connectivity index (χ1n) is 3.37. The summed E-state index contributed by atoms with van der Waals surface area (Å²) in [5.74, 6) is -0.259. The van der Waals surface area contributed by atoms with Gasteiger partial charge in [0.2, 0.25) is 0 Å². The van der Waals surface area contributed by atoms with Gasteiger partial charge in [0, 0.05) is 13.1 Å². The van der Waals surface area contributed by atoms with Gasteiger partial charge in [-0.3, -0.25) is 9.69 Å². The molecule has 0 bridgehead atoms. The summed E-state index contributed by atoms with van der Waals surface area (Å²) in [4.78, 5) is 23.0. The lowest BCUT2D eigenvalue weighted by Gasteiger charge is -2.10. The monoisotopic (exact) mass is 157 g/mol. The number of nitrogens with zero attached hydrogens (tertiary/aromatic N) is 1. The van der Waals surface area contributed by atoms with Crippen LogP contribution in [0, 0.1) is 0 Å². The molecule has 1 aliphatic rings. The summed E-state index contributed by atoms with van der Waals surface area (Å²) in [5, 5.41) is 2.47. The van der Waals surface area contributed by atoms with Gasteiger partial charge < -0.3 is 11.1 Å². The number of hydrogen-bond donors (Lipinski definition) is 2. The van der Waals surface area contributed by atoms with Gasteiger partial charge in [0.1, 0.15) is 6.04 Å². The van der Waals surface area contributed by atoms with Crippen LogP contribution in [-0.4, -0.2) is 36.0 Å². The van der Waals surface area contributed by atoms with E-state index in [0.717, 1.165) is 4.90 Å². The minimum absolute atomic E-state index is 0.259. The highest BCUT2D eigenvalue weighted by Gasteiger charge is 2.37. The van der Waals surface area contributed by atoms with Crippen LogP contribution >= 0.6 is 0 Å². The topological polar surface area (TPSA) is 75.4 Å². The van der Waals surface area contributed by atoms with Crippen LogP contribution in [0.2, 0.25) is 0 Å². The fourth-order valence-corrected chi connectivity index (χ4v) is 0.957. The highest BCUT2D eigenvalue weighted by molar-refractivity contribution is 6.04. The van der Waals surface area contributed by atoms with Crippen molar-refractivity contribution >= 4 is 11.9 Å². The minimum atomic E-state index is -0.549. The lowest BCUT2D eigenvalue weighted by atomic mass is 10.1. The Bertz CT molecular complexity index is 202. The van der Waals surface area contributed by atoms with Gasteiger partial charge in [0.15, 0.2) is 0 Å². The quantitative estimate of drug-likeness (QED) is 0.473. The fourth-order valence-electron chi connectivity index (χ4n) is 0.957. The Hall–Kier alpha value is -1.10. The molecule has 5 nitrogen and oxygen atoms in total. The molecule has 1 saturated heterocycles. The van der Waals surface area contributed by atoms with Crippen molar-refractivity contribution in [2.75, 3.05) is 7.05 Å². The summed E-state index contributed by atoms with van der Waals surface area (Å²) in [7, 11) is 1.43. The number of carbonyl (C=O) groups is 2. The molecule has 3 N–H and O–H groups in total. The predicted octanol–water partition coefficient (Wildman–Crippen LogP) is -1.12. The third-order valence-electron chi connectivity index (χ3n) is 1.71. The molecule has 0 aromatic rings. The van der Waals surface area contributed by atoms with Gasteiger partial charge in [-0.2, -0.15) is 0 Å². The Morgan fingerprint density at radius 3 is 2.36 bits per heavy atom. The third kappa shape index (κ3) is 1.19. The molecule has 0 aromatic carbocycles. The zero-order valence-electron chi connectivity index (χ0n) is 6.50. The lowest BCUT2D eigenvalue weighted by molar-refractivity contribution is -0.126. The van der Waals surface area contributed by atoms with Crippen LogP contribution in [-0.2, 0) is 4.79 Å². The first kappa shape index (κ1) is 8.00. The molecule has 0 saturated carbocycles. The number of nitrogens with one attached hydrogen (secondary N) is 1. The van der Waals surface area contributed by atoms with E-state index in [9.17, 15) is 9.59 Å². The average molecular weight is 157 g/mol. The van der Waals surface area contributed by atoms with Gasteiger partial charge in [-0.1, -0.05) is 0 Å². The standard InChI is InChI=1S/C6H11N3O2/c1-3(7)4-5(10)9(2)6(11)8-4/h3-4H,7H2,1-2H3,(H,8,11)/t3?,4-/m1/s1. The number of hydrogen-bond acceptors (Lipinski definition) is 3. The molecule has 1 rings (SSSR count). The summed E-state index contributed by atoms with van der Waals surface area (Å²) < 4.78 is 0. The van der Waals surface area contributed by atoms with Crippen molar-refractivity contribution in [3.8, 4) is 0 Å². The van der Waals surface area contributed by atoms with E-state index in [0.29, 0.717) is 0 Å². The maximum atomic E-state index is 11.1. The van der Waals surface area contributed by atoms with Gasteiger partial charge in [0.05, 0.1) is 0 Å². The number of carbonyl (C=O) groups excluding carboxylic acids is 2. The normalized spacial score (nSPS) is 27.2. The van der Waals surface area contributed by atoms with E-state index < -0.39 is 6.04 Å². The first-order valence-corrected chi connectivity index (χ1v) is 3.37. The largest absolute Gasteiger partial charge is 0.326 e. The number of urea groups is 1. The molecule has 11 heavy (non-hydrogen) atoms. The number of likely N-dealkylation sites (N-methyl/N-ethyl adjacent to an activating group) is 1. The van der Waals surface area contributed by atoms with Crippen LogP contribution in [0.25, 0.3) is 0 Å². The van der Waals surface area contributed by atoms with E-state index in [1.54, 1.807) is 6.92 Å². The maximum absolute atomic E-state index is 11.1. The molecule has 1 fully saturated rings. The minimum Gasteiger partial charge on any atom is -0.326 e. The smallest absolute Gasteiger partial charge is 0.324 e. The highest BCUT2D eigenvalue weighted by Crippen LogP contribution is 2.04. The van der Waals surface area contributed by atoms with Crippen molar-refractivity contribution in [2.45, 2.75) is 19.0 Å². The van der Waals surface area contributed by atoms with Crippen molar-refractivity contribution in [1.82, 2.24) is 10.2 Å². The zero-order chi connectivity index (χ0) is 8.59. The van der Waals surface area contributed by atoms with Crippen LogP contribution < -0.4 is 11.1 Å². The molecule has 3 amide bonds. The van der Waals surface area contributed by atoms with Gasteiger partial charge in [-0.25, -0.2) is 4.79 Å². The molecule has 0 radical (unpaired) electrons. The summed E-state index contributed by atoms with van der Waals surface area (Å²) in [6, 6.07) is -1.26. The SMILES string of the molecule is CC(N)[C@H]1NC(=O)N(C)C1=O. The van der Waals surface area contributed by atoms with E-state index in [1.165, 1.54) is 7.05 Å². The van der Waals surface area contributed by atoms with Crippen molar-refractivity contribution in [3.05, 3.63) is 0 Å². The molecule has 1 unspecified atom stereocenters. The van der Waals surface area contributed by atoms with Crippen LogP contribution in [0.15, 0.2) is 0 Å². The second-order valence-corrected chi connectivity index (χ2v) is 2.68. The van der Waals surface area contributed by atoms with Crippen LogP contribution in [0.5, 0.6) is 0 Å². The highest BCUT2D eigenvalue weighted by atomic mass is 16.2. The van der Waals surface area contributed by atoms with E-state index in [-0.39, 0.29) is 18.0 Å². The van der Waals surface area contributed by atoms with Gasteiger partial charge in [-0.05, 0) is 6.92 Å². The molecule has 62 valence electrons. The number of rotatable bonds is 1. The number of amides is 3. The predicted molar refractivity (Wildman–Crippen MR) is 38.7 cm³/mol. The van der Waals surface area contributed by atoms with Crippen molar-refractivity contribution in [1.29, 1.82) is 0 Å². The molecular weight excluding hydrogens is 146 g/mol. The molecule has 1 aliphatic heterocycles. The Morgan fingerprint density at radius 2 is 2.18 bits per heavy atom. The van der Waals surface area contributed by atoms with E-state index in [4.69, 9.17) is 5.73 Å². The molecule has 0 spiro atoms. The summed E-state index contributed by atoms with van der Waals surface area (Å²) >= 11 is 0. The summed E-state index contributed by atoms with van der Waals surface area (Å²) in [5.41, 5.74) is 5.45. The van der Waals surface area contributed by atoms with E-state index >= 15 is 0 Å². The molecule has 2 atom stereocenters. The Kier molecular flexibility index (Phi) is 1.82. The fraction of sp³-hybridized carbons (Fsp3) is 0.667. The zero-order valence-corrected chi connectivity index (χ0v) is 6.50. The van der Waals surface area contributed by atoms with Gasteiger partial charge >= 0.3 is 6.03 Å². The van der Waals surface area contributed by atoms with Crippen molar-refractivity contribution < 1.29 is 9.59 Å². The molecule has 5 heteroatoms. The summed E-state index contributed by atoms with van der Waals surface area (Å²) in [6.45, 7) is 1.68. The lowest BCUT2D eigenvalue weighted by Crippen LogP contribution is -2.44. The van der Waals surface area contributed by atoms with Gasteiger partial charge in [-0.15, -0.1) is 0 Å². The van der Waals surface area contributed by atoms with Gasteiger partial charge in [0.25, 0.3) is 5.91 Å². The first-order chi connectivity index (χ1) is 5.04. The Labute approximate surface area is 64.5 Å².